The van der Waals surface area contributed by atoms with Crippen molar-refractivity contribution in [3.8, 4) is 17.2 Å². The molecule has 3 heteroatoms. The largest absolute Gasteiger partial charge is 0.310 e. The standard InChI is InChI=1S/C38H25BrN2/c39-31-23-28(33-18-8-7-13-27(33)26-40)24-32(25-31)41-36-21-11-9-19-34(36)38(29-14-3-1-4-15-29,30-16-5-2-6-17-30)35-20-10-12-22-37(35)41/h1-25H. The van der Waals surface area contributed by atoms with Crippen molar-refractivity contribution in [3.05, 3.63) is 184 Å². The number of benzene rings is 6. The normalized spacial score (nSPS) is 13.1. The number of nitrogens with zero attached hydrogens (tertiary/aromatic N) is 2. The zero-order chi connectivity index (χ0) is 27.8. The van der Waals surface area contributed by atoms with Crippen LogP contribution in [0.15, 0.2) is 156 Å². The Labute approximate surface area is 248 Å². The van der Waals surface area contributed by atoms with E-state index in [1.165, 1.54) is 22.3 Å². The van der Waals surface area contributed by atoms with Crippen LogP contribution in [0, 0.1) is 11.3 Å². The number of fused-ring (bicyclic) bond motifs is 2. The quantitative estimate of drug-likeness (QED) is 0.204. The number of halogens is 1. The Kier molecular flexibility index (Phi) is 6.27. The minimum absolute atomic E-state index is 0.505. The Bertz CT molecular complexity index is 1830. The summed E-state index contributed by atoms with van der Waals surface area (Å²) in [4.78, 5) is 2.36. The van der Waals surface area contributed by atoms with Gasteiger partial charge in [0.1, 0.15) is 0 Å². The van der Waals surface area contributed by atoms with Gasteiger partial charge >= 0.3 is 0 Å². The molecule has 0 aliphatic carbocycles. The summed E-state index contributed by atoms with van der Waals surface area (Å²) in [6.07, 6.45) is 0. The lowest BCUT2D eigenvalue weighted by Crippen LogP contribution is -2.37. The Morgan fingerprint density at radius 3 is 1.66 bits per heavy atom. The van der Waals surface area contributed by atoms with Crippen LogP contribution in [-0.2, 0) is 5.41 Å². The summed E-state index contributed by atoms with van der Waals surface area (Å²) in [6.45, 7) is 0. The van der Waals surface area contributed by atoms with Crippen LogP contribution in [0.2, 0.25) is 0 Å². The van der Waals surface area contributed by atoms with E-state index in [0.717, 1.165) is 32.7 Å². The molecule has 0 amide bonds. The van der Waals surface area contributed by atoms with Gasteiger partial charge in [0.2, 0.25) is 0 Å². The molecule has 0 N–H and O–H groups in total. The van der Waals surface area contributed by atoms with Gasteiger partial charge in [0.25, 0.3) is 0 Å². The van der Waals surface area contributed by atoms with Crippen molar-refractivity contribution in [3.63, 3.8) is 0 Å². The van der Waals surface area contributed by atoms with Crippen LogP contribution in [0.1, 0.15) is 27.8 Å². The molecule has 0 aromatic heterocycles. The fraction of sp³-hybridized carbons (Fsp3) is 0.0263. The van der Waals surface area contributed by atoms with Gasteiger partial charge in [-0.05, 0) is 69.8 Å². The van der Waals surface area contributed by atoms with Gasteiger partial charge in [0, 0.05) is 10.2 Å². The second kappa shape index (κ2) is 10.2. The lowest BCUT2D eigenvalue weighted by atomic mass is 9.62. The van der Waals surface area contributed by atoms with Crippen LogP contribution in [0.3, 0.4) is 0 Å². The van der Waals surface area contributed by atoms with E-state index in [2.05, 4.69) is 154 Å². The van der Waals surface area contributed by atoms with Crippen molar-refractivity contribution in [2.45, 2.75) is 5.41 Å². The van der Waals surface area contributed by atoms with Gasteiger partial charge in [-0.3, -0.25) is 0 Å². The molecule has 1 aliphatic rings. The highest BCUT2D eigenvalue weighted by Gasteiger charge is 2.46. The molecule has 41 heavy (non-hydrogen) atoms. The smallest absolute Gasteiger partial charge is 0.0998 e. The van der Waals surface area contributed by atoms with Crippen molar-refractivity contribution in [1.82, 2.24) is 0 Å². The van der Waals surface area contributed by atoms with Gasteiger partial charge in [-0.25, -0.2) is 0 Å². The molecule has 0 bridgehead atoms. The second-order valence-electron chi connectivity index (χ2n) is 10.2. The van der Waals surface area contributed by atoms with E-state index >= 15 is 0 Å². The molecule has 0 fully saturated rings. The average Bonchev–Trinajstić information content (AvgIpc) is 3.04. The van der Waals surface area contributed by atoms with E-state index in [0.29, 0.717) is 5.56 Å². The molecule has 2 nitrogen and oxygen atoms in total. The first-order valence-corrected chi connectivity index (χ1v) is 14.4. The van der Waals surface area contributed by atoms with E-state index < -0.39 is 5.41 Å². The van der Waals surface area contributed by atoms with Gasteiger partial charge in [-0.1, -0.05) is 131 Å². The van der Waals surface area contributed by atoms with Crippen LogP contribution in [0.5, 0.6) is 0 Å². The van der Waals surface area contributed by atoms with Crippen LogP contribution in [-0.4, -0.2) is 0 Å². The molecule has 0 saturated heterocycles. The molecule has 0 spiro atoms. The molecule has 1 heterocycles. The monoisotopic (exact) mass is 588 g/mol. The Morgan fingerprint density at radius 1 is 0.561 bits per heavy atom. The highest BCUT2D eigenvalue weighted by atomic mass is 79.9. The van der Waals surface area contributed by atoms with Crippen molar-refractivity contribution >= 4 is 33.0 Å². The third-order valence-electron chi connectivity index (χ3n) is 8.01. The summed E-state index contributed by atoms with van der Waals surface area (Å²) in [5.74, 6) is 0. The molecule has 6 aromatic carbocycles. The van der Waals surface area contributed by atoms with Crippen LogP contribution < -0.4 is 4.90 Å². The molecule has 0 radical (unpaired) electrons. The van der Waals surface area contributed by atoms with E-state index in [-0.39, 0.29) is 0 Å². The third kappa shape index (κ3) is 3.99. The topological polar surface area (TPSA) is 27.0 Å². The zero-order valence-electron chi connectivity index (χ0n) is 22.2. The summed E-state index contributed by atoms with van der Waals surface area (Å²) in [5.41, 5.74) is 10.2. The van der Waals surface area contributed by atoms with Gasteiger partial charge < -0.3 is 4.90 Å². The maximum absolute atomic E-state index is 9.83. The molecule has 0 atom stereocenters. The van der Waals surface area contributed by atoms with Crippen molar-refractivity contribution < 1.29 is 0 Å². The molecule has 6 aromatic rings. The van der Waals surface area contributed by atoms with Crippen molar-refractivity contribution in [1.29, 1.82) is 5.26 Å². The van der Waals surface area contributed by atoms with Crippen LogP contribution >= 0.6 is 15.9 Å². The molecular formula is C38H25BrN2. The number of hydrogen-bond acceptors (Lipinski definition) is 2. The van der Waals surface area contributed by atoms with Crippen LogP contribution in [0.25, 0.3) is 11.1 Å². The maximum Gasteiger partial charge on any atom is 0.0998 e. The predicted molar refractivity (Wildman–Crippen MR) is 171 cm³/mol. The Morgan fingerprint density at radius 2 is 1.07 bits per heavy atom. The number of anilines is 3. The van der Waals surface area contributed by atoms with Gasteiger partial charge in [-0.2, -0.15) is 5.26 Å². The fourth-order valence-electron chi connectivity index (χ4n) is 6.38. The number of hydrogen-bond donors (Lipinski definition) is 0. The lowest BCUT2D eigenvalue weighted by molar-refractivity contribution is 0.731. The van der Waals surface area contributed by atoms with Crippen molar-refractivity contribution in [2.24, 2.45) is 0 Å². The highest BCUT2D eigenvalue weighted by molar-refractivity contribution is 9.10. The summed E-state index contributed by atoms with van der Waals surface area (Å²) in [6, 6.07) is 55.7. The second-order valence-corrected chi connectivity index (χ2v) is 11.1. The van der Waals surface area contributed by atoms with E-state index in [4.69, 9.17) is 0 Å². The minimum atomic E-state index is -0.505. The zero-order valence-corrected chi connectivity index (χ0v) is 23.8. The minimum Gasteiger partial charge on any atom is -0.310 e. The number of nitriles is 1. The number of para-hydroxylation sites is 2. The van der Waals surface area contributed by atoms with E-state index in [1.807, 2.05) is 24.3 Å². The van der Waals surface area contributed by atoms with Gasteiger partial charge in [-0.15, -0.1) is 0 Å². The highest BCUT2D eigenvalue weighted by Crippen LogP contribution is 2.57. The van der Waals surface area contributed by atoms with E-state index in [1.54, 1.807) is 0 Å². The first-order chi connectivity index (χ1) is 20.2. The Hall–Kier alpha value is -4.91. The SMILES string of the molecule is N#Cc1ccccc1-c1cc(Br)cc(N2c3ccccc3C(c3ccccc3)(c3ccccc3)c3ccccc32)c1. The molecule has 0 unspecified atom stereocenters. The summed E-state index contributed by atoms with van der Waals surface area (Å²) >= 11 is 3.79. The maximum atomic E-state index is 9.83. The molecular weight excluding hydrogens is 564 g/mol. The van der Waals surface area contributed by atoms with Gasteiger partial charge in [0.05, 0.1) is 28.4 Å². The first-order valence-electron chi connectivity index (χ1n) is 13.6. The number of rotatable bonds is 4. The third-order valence-corrected chi connectivity index (χ3v) is 8.47. The molecule has 7 rings (SSSR count). The van der Waals surface area contributed by atoms with Crippen molar-refractivity contribution in [2.75, 3.05) is 4.90 Å². The fourth-order valence-corrected chi connectivity index (χ4v) is 6.86. The summed E-state index contributed by atoms with van der Waals surface area (Å²) in [7, 11) is 0. The van der Waals surface area contributed by atoms with Gasteiger partial charge in [0.15, 0.2) is 0 Å². The van der Waals surface area contributed by atoms with Crippen LogP contribution in [0.4, 0.5) is 17.1 Å². The lowest BCUT2D eigenvalue weighted by Gasteiger charge is -2.46. The first kappa shape index (κ1) is 25.1. The molecule has 0 saturated carbocycles. The average molecular weight is 590 g/mol. The molecule has 194 valence electrons. The van der Waals surface area contributed by atoms with E-state index in [9.17, 15) is 5.26 Å². The predicted octanol–water partition coefficient (Wildman–Crippen LogP) is 10.2. The summed E-state index contributed by atoms with van der Waals surface area (Å²) < 4.78 is 0.954. The summed E-state index contributed by atoms with van der Waals surface area (Å²) in [5, 5.41) is 9.83. The molecule has 1 aliphatic heterocycles. The Balaban J connectivity index is 1.55.